The van der Waals surface area contributed by atoms with Crippen molar-refractivity contribution in [2.75, 3.05) is 12.9 Å². The largest absolute Gasteiger partial charge is 0.485 e. The fourth-order valence-electron chi connectivity index (χ4n) is 1.94. The van der Waals surface area contributed by atoms with E-state index in [1.807, 2.05) is 0 Å². The van der Waals surface area contributed by atoms with E-state index in [0.29, 0.717) is 0 Å². The predicted molar refractivity (Wildman–Crippen MR) is 64.5 cm³/mol. The van der Waals surface area contributed by atoms with Gasteiger partial charge in [0.05, 0.1) is 18.4 Å². The van der Waals surface area contributed by atoms with Gasteiger partial charge in [0, 0.05) is 0 Å². The molecule has 2 rings (SSSR count). The number of sulfone groups is 1. The van der Waals surface area contributed by atoms with Gasteiger partial charge in [-0.3, -0.25) is 0 Å². The second-order valence-electron chi connectivity index (χ2n) is 4.77. The molecule has 0 saturated carbocycles. The Labute approximate surface area is 106 Å². The molecule has 1 aliphatic rings. The van der Waals surface area contributed by atoms with Crippen molar-refractivity contribution in [1.29, 1.82) is 0 Å². The van der Waals surface area contributed by atoms with Gasteiger partial charge < -0.3 is 9.47 Å². The first-order valence-electron chi connectivity index (χ1n) is 5.39. The molecule has 1 heterocycles. The minimum absolute atomic E-state index is 0.0460. The number of hydrogen-bond donors (Lipinski definition) is 0. The summed E-state index contributed by atoms with van der Waals surface area (Å²) in [6.45, 7) is 3.42. The van der Waals surface area contributed by atoms with Gasteiger partial charge in [-0.1, -0.05) is 0 Å². The van der Waals surface area contributed by atoms with Crippen LogP contribution in [-0.4, -0.2) is 32.9 Å². The van der Waals surface area contributed by atoms with Gasteiger partial charge in [0.2, 0.25) is 0 Å². The molecule has 0 atom stereocenters. The third kappa shape index (κ3) is 2.20. The monoisotopic (exact) mass is 270 g/mol. The predicted octanol–water partition coefficient (Wildman–Crippen LogP) is 1.42. The van der Waals surface area contributed by atoms with Gasteiger partial charge in [0.1, 0.15) is 16.2 Å². The third-order valence-electron chi connectivity index (χ3n) is 2.62. The average Bonchev–Trinajstić information content (AvgIpc) is 2.25. The van der Waals surface area contributed by atoms with E-state index in [2.05, 4.69) is 4.74 Å². The van der Waals surface area contributed by atoms with Crippen LogP contribution in [0.3, 0.4) is 0 Å². The molecule has 0 spiro atoms. The Hall–Kier alpha value is -1.56. The molecule has 1 aromatic carbocycles. The van der Waals surface area contributed by atoms with Gasteiger partial charge in [0.15, 0.2) is 9.84 Å². The number of carbonyl (C=O) groups is 1. The molecule has 0 amide bonds. The summed E-state index contributed by atoms with van der Waals surface area (Å²) >= 11 is 0. The Kier molecular flexibility index (Phi) is 2.85. The van der Waals surface area contributed by atoms with Gasteiger partial charge in [-0.15, -0.1) is 0 Å². The normalized spacial score (nSPS) is 19.5. The highest BCUT2D eigenvalue weighted by Gasteiger charge is 2.37. The lowest BCUT2D eigenvalue weighted by Crippen LogP contribution is -2.40. The van der Waals surface area contributed by atoms with E-state index < -0.39 is 21.4 Å². The van der Waals surface area contributed by atoms with Gasteiger partial charge in [-0.25, -0.2) is 13.2 Å². The Morgan fingerprint density at radius 2 is 2.06 bits per heavy atom. The highest BCUT2D eigenvalue weighted by molar-refractivity contribution is 7.91. The van der Waals surface area contributed by atoms with Crippen molar-refractivity contribution in [2.45, 2.75) is 24.3 Å². The van der Waals surface area contributed by atoms with Crippen LogP contribution in [0.15, 0.2) is 23.1 Å². The molecule has 18 heavy (non-hydrogen) atoms. The number of esters is 1. The molecule has 1 aliphatic heterocycles. The number of carbonyl (C=O) groups excluding carboxylic acids is 1. The van der Waals surface area contributed by atoms with Crippen LogP contribution in [0.4, 0.5) is 0 Å². The molecule has 0 fully saturated rings. The lowest BCUT2D eigenvalue weighted by atomic mass is 10.1. The van der Waals surface area contributed by atoms with Crippen molar-refractivity contribution in [3.63, 3.8) is 0 Å². The molecule has 0 aromatic heterocycles. The van der Waals surface area contributed by atoms with Crippen molar-refractivity contribution in [3.8, 4) is 5.75 Å². The summed E-state index contributed by atoms with van der Waals surface area (Å²) in [5.74, 6) is -0.408. The topological polar surface area (TPSA) is 69.7 Å². The smallest absolute Gasteiger partial charge is 0.337 e. The molecule has 0 saturated heterocycles. The highest BCUT2D eigenvalue weighted by Crippen LogP contribution is 2.35. The Bertz CT molecular complexity index is 601. The Balaban J connectivity index is 2.58. The molecule has 98 valence electrons. The molecule has 0 aliphatic carbocycles. The highest BCUT2D eigenvalue weighted by atomic mass is 32.2. The van der Waals surface area contributed by atoms with E-state index in [1.165, 1.54) is 25.3 Å². The van der Waals surface area contributed by atoms with E-state index in [9.17, 15) is 13.2 Å². The lowest BCUT2D eigenvalue weighted by Gasteiger charge is -2.32. The average molecular weight is 270 g/mol. The SMILES string of the molecule is COC(=O)c1ccc2c(c1)S(=O)(=O)CC(C)(C)O2. The van der Waals surface area contributed by atoms with E-state index in [4.69, 9.17) is 4.74 Å². The first kappa shape index (κ1) is 12.9. The fraction of sp³-hybridized carbons (Fsp3) is 0.417. The maximum atomic E-state index is 12.1. The number of rotatable bonds is 1. The standard InChI is InChI=1S/C12H14O5S/c1-12(2)7-18(14,15)10-6-8(11(13)16-3)4-5-9(10)17-12/h4-6H,7H2,1-3H3. The van der Waals surface area contributed by atoms with Crippen molar-refractivity contribution >= 4 is 15.8 Å². The number of benzene rings is 1. The van der Waals surface area contributed by atoms with Crippen LogP contribution in [-0.2, 0) is 14.6 Å². The van der Waals surface area contributed by atoms with Crippen molar-refractivity contribution in [1.82, 2.24) is 0 Å². The van der Waals surface area contributed by atoms with E-state index >= 15 is 0 Å². The number of ether oxygens (including phenoxy) is 2. The molecule has 0 bridgehead atoms. The van der Waals surface area contributed by atoms with Crippen LogP contribution in [0.1, 0.15) is 24.2 Å². The van der Waals surface area contributed by atoms with Crippen LogP contribution in [0.5, 0.6) is 5.75 Å². The first-order chi connectivity index (χ1) is 8.25. The fourth-order valence-corrected chi connectivity index (χ4v) is 3.80. The molecule has 0 radical (unpaired) electrons. The van der Waals surface area contributed by atoms with Crippen molar-refractivity contribution < 1.29 is 22.7 Å². The zero-order valence-corrected chi connectivity index (χ0v) is 11.2. The maximum absolute atomic E-state index is 12.1. The lowest BCUT2D eigenvalue weighted by molar-refractivity contribution is 0.0600. The number of fused-ring (bicyclic) bond motifs is 1. The second-order valence-corrected chi connectivity index (χ2v) is 6.73. The minimum Gasteiger partial charge on any atom is -0.485 e. The maximum Gasteiger partial charge on any atom is 0.337 e. The van der Waals surface area contributed by atoms with E-state index in [0.717, 1.165) is 0 Å². The molecule has 5 nitrogen and oxygen atoms in total. The van der Waals surface area contributed by atoms with Crippen molar-refractivity contribution in [3.05, 3.63) is 23.8 Å². The quantitative estimate of drug-likeness (QED) is 0.722. The Morgan fingerprint density at radius 1 is 1.39 bits per heavy atom. The van der Waals surface area contributed by atoms with Crippen LogP contribution in [0.2, 0.25) is 0 Å². The van der Waals surface area contributed by atoms with E-state index in [-0.39, 0.29) is 22.0 Å². The zero-order chi connectivity index (χ0) is 13.6. The van der Waals surface area contributed by atoms with Gasteiger partial charge in [0.25, 0.3) is 0 Å². The molecule has 6 heteroatoms. The van der Waals surface area contributed by atoms with Crippen LogP contribution in [0, 0.1) is 0 Å². The summed E-state index contributed by atoms with van der Waals surface area (Å²) < 4.78 is 34.4. The summed E-state index contributed by atoms with van der Waals surface area (Å²) in [6, 6.07) is 4.27. The van der Waals surface area contributed by atoms with Crippen LogP contribution < -0.4 is 4.74 Å². The van der Waals surface area contributed by atoms with Gasteiger partial charge in [-0.2, -0.15) is 0 Å². The van der Waals surface area contributed by atoms with Crippen LogP contribution in [0.25, 0.3) is 0 Å². The Morgan fingerprint density at radius 3 is 2.67 bits per heavy atom. The van der Waals surface area contributed by atoms with Crippen LogP contribution >= 0.6 is 0 Å². The summed E-state index contributed by atoms with van der Waals surface area (Å²) in [6.07, 6.45) is 0. The zero-order valence-electron chi connectivity index (χ0n) is 10.4. The van der Waals surface area contributed by atoms with E-state index in [1.54, 1.807) is 13.8 Å². The number of hydrogen-bond acceptors (Lipinski definition) is 5. The summed E-state index contributed by atoms with van der Waals surface area (Å²) in [4.78, 5) is 11.4. The summed E-state index contributed by atoms with van der Waals surface area (Å²) in [7, 11) is -2.20. The van der Waals surface area contributed by atoms with Gasteiger partial charge >= 0.3 is 5.97 Å². The third-order valence-corrected chi connectivity index (χ3v) is 4.69. The second kappa shape index (κ2) is 3.98. The summed E-state index contributed by atoms with van der Waals surface area (Å²) in [5, 5.41) is 0. The molecule has 0 N–H and O–H groups in total. The van der Waals surface area contributed by atoms with Crippen molar-refractivity contribution in [2.24, 2.45) is 0 Å². The molecular formula is C12H14O5S. The number of methoxy groups -OCH3 is 1. The minimum atomic E-state index is -3.45. The molecule has 0 unspecified atom stereocenters. The molecule has 1 aromatic rings. The molecular weight excluding hydrogens is 256 g/mol. The van der Waals surface area contributed by atoms with Gasteiger partial charge in [-0.05, 0) is 32.0 Å². The summed E-state index contributed by atoms with van der Waals surface area (Å²) in [5.41, 5.74) is -0.568. The first-order valence-corrected chi connectivity index (χ1v) is 7.04.